The predicted molar refractivity (Wildman–Crippen MR) is 108 cm³/mol. The molecule has 0 spiro atoms. The van der Waals surface area contributed by atoms with Crippen molar-refractivity contribution in [2.45, 2.75) is 25.9 Å². The van der Waals surface area contributed by atoms with Crippen LogP contribution in [0.15, 0.2) is 72.1 Å². The van der Waals surface area contributed by atoms with Gasteiger partial charge in [-0.15, -0.1) is 11.3 Å². The minimum absolute atomic E-state index is 0.000544. The average molecular weight is 365 g/mol. The summed E-state index contributed by atoms with van der Waals surface area (Å²) in [5.74, 6) is 0.000544. The molecule has 1 aromatic heterocycles. The highest BCUT2D eigenvalue weighted by Crippen LogP contribution is 2.26. The van der Waals surface area contributed by atoms with Crippen LogP contribution < -0.4 is 10.6 Å². The normalized spacial score (nSPS) is 11.9. The van der Waals surface area contributed by atoms with Crippen LogP contribution in [-0.4, -0.2) is 12.5 Å². The highest BCUT2D eigenvalue weighted by atomic mass is 32.1. The standard InChI is InChI=1S/C22H24N2OS/c1-2-17-10-12-19(13-11-17)22(20-9-6-14-26-20)24-16-21(25)23-15-18-7-4-3-5-8-18/h3-14,22,24H,2,15-16H2,1H3,(H,23,25). The van der Waals surface area contributed by atoms with Gasteiger partial charge in [-0.2, -0.15) is 0 Å². The first kappa shape index (κ1) is 18.4. The van der Waals surface area contributed by atoms with E-state index in [4.69, 9.17) is 0 Å². The van der Waals surface area contributed by atoms with Crippen molar-refractivity contribution < 1.29 is 4.79 Å². The molecule has 3 rings (SSSR count). The van der Waals surface area contributed by atoms with E-state index in [-0.39, 0.29) is 18.5 Å². The van der Waals surface area contributed by atoms with Crippen LogP contribution in [0.2, 0.25) is 0 Å². The van der Waals surface area contributed by atoms with Gasteiger partial charge in [-0.3, -0.25) is 10.1 Å². The molecule has 2 N–H and O–H groups in total. The Kier molecular flexibility index (Phi) is 6.58. The van der Waals surface area contributed by atoms with Crippen molar-refractivity contribution in [2.75, 3.05) is 6.54 Å². The topological polar surface area (TPSA) is 41.1 Å². The van der Waals surface area contributed by atoms with Gasteiger partial charge in [0.25, 0.3) is 0 Å². The molecular formula is C22H24N2OS. The van der Waals surface area contributed by atoms with Crippen LogP contribution in [0.4, 0.5) is 0 Å². The Morgan fingerprint density at radius 1 is 0.962 bits per heavy atom. The molecule has 0 bridgehead atoms. The number of carbonyl (C=O) groups is 1. The lowest BCUT2D eigenvalue weighted by molar-refractivity contribution is -0.120. The molecule has 0 fully saturated rings. The van der Waals surface area contributed by atoms with E-state index in [2.05, 4.69) is 53.3 Å². The summed E-state index contributed by atoms with van der Waals surface area (Å²) in [7, 11) is 0. The Morgan fingerprint density at radius 3 is 2.38 bits per heavy atom. The Bertz CT molecular complexity index is 798. The number of rotatable bonds is 8. The van der Waals surface area contributed by atoms with Gasteiger partial charge < -0.3 is 5.32 Å². The minimum Gasteiger partial charge on any atom is -0.351 e. The highest BCUT2D eigenvalue weighted by Gasteiger charge is 2.16. The summed E-state index contributed by atoms with van der Waals surface area (Å²) in [4.78, 5) is 13.5. The number of hydrogen-bond acceptors (Lipinski definition) is 3. The summed E-state index contributed by atoms with van der Waals surface area (Å²) in [5, 5.41) is 8.45. The zero-order valence-corrected chi connectivity index (χ0v) is 15.8. The van der Waals surface area contributed by atoms with Crippen LogP contribution in [0.3, 0.4) is 0 Å². The summed E-state index contributed by atoms with van der Waals surface area (Å²) in [6, 6.07) is 22.8. The van der Waals surface area contributed by atoms with Gasteiger partial charge in [0.15, 0.2) is 0 Å². The van der Waals surface area contributed by atoms with Crippen molar-refractivity contribution in [1.29, 1.82) is 0 Å². The van der Waals surface area contributed by atoms with E-state index in [1.807, 2.05) is 36.4 Å². The molecule has 0 saturated heterocycles. The lowest BCUT2D eigenvalue weighted by Gasteiger charge is -2.18. The summed E-state index contributed by atoms with van der Waals surface area (Å²) in [6.45, 7) is 2.99. The second kappa shape index (κ2) is 9.32. The van der Waals surface area contributed by atoms with Crippen LogP contribution >= 0.6 is 11.3 Å². The summed E-state index contributed by atoms with van der Waals surface area (Å²) < 4.78 is 0. The van der Waals surface area contributed by atoms with Crippen LogP contribution in [0.5, 0.6) is 0 Å². The van der Waals surface area contributed by atoms with Gasteiger partial charge in [-0.25, -0.2) is 0 Å². The number of benzene rings is 2. The SMILES string of the molecule is CCc1ccc(C(NCC(=O)NCc2ccccc2)c2cccs2)cc1. The zero-order chi connectivity index (χ0) is 18.2. The number of amides is 1. The molecule has 0 aliphatic heterocycles. The number of carbonyl (C=O) groups excluding carboxylic acids is 1. The Labute approximate surface area is 159 Å². The second-order valence-electron chi connectivity index (χ2n) is 6.19. The van der Waals surface area contributed by atoms with Crippen molar-refractivity contribution in [2.24, 2.45) is 0 Å². The lowest BCUT2D eigenvalue weighted by Crippen LogP contribution is -2.35. The van der Waals surface area contributed by atoms with Crippen molar-refractivity contribution in [3.8, 4) is 0 Å². The second-order valence-corrected chi connectivity index (χ2v) is 7.17. The fourth-order valence-electron chi connectivity index (χ4n) is 2.84. The molecule has 1 atom stereocenters. The molecule has 0 radical (unpaired) electrons. The van der Waals surface area contributed by atoms with E-state index in [9.17, 15) is 4.79 Å². The maximum absolute atomic E-state index is 12.3. The number of aryl methyl sites for hydroxylation is 1. The zero-order valence-electron chi connectivity index (χ0n) is 14.9. The van der Waals surface area contributed by atoms with E-state index in [1.165, 1.54) is 16.0 Å². The highest BCUT2D eigenvalue weighted by molar-refractivity contribution is 7.10. The molecule has 134 valence electrons. The molecule has 3 nitrogen and oxygen atoms in total. The molecular weight excluding hydrogens is 340 g/mol. The van der Waals surface area contributed by atoms with E-state index in [1.54, 1.807) is 11.3 Å². The van der Waals surface area contributed by atoms with Crippen molar-refractivity contribution in [3.63, 3.8) is 0 Å². The summed E-state index contributed by atoms with van der Waals surface area (Å²) in [6.07, 6.45) is 1.03. The molecule has 0 aliphatic rings. The minimum atomic E-state index is 0.000544. The summed E-state index contributed by atoms with van der Waals surface area (Å²) >= 11 is 1.70. The van der Waals surface area contributed by atoms with Gasteiger partial charge in [0.05, 0.1) is 12.6 Å². The van der Waals surface area contributed by atoms with E-state index in [0.29, 0.717) is 6.54 Å². The Hall–Kier alpha value is -2.43. The monoisotopic (exact) mass is 364 g/mol. The van der Waals surface area contributed by atoms with E-state index < -0.39 is 0 Å². The van der Waals surface area contributed by atoms with Gasteiger partial charge >= 0.3 is 0 Å². The van der Waals surface area contributed by atoms with Crippen LogP contribution in [0, 0.1) is 0 Å². The molecule has 26 heavy (non-hydrogen) atoms. The Balaban J connectivity index is 1.61. The van der Waals surface area contributed by atoms with Crippen LogP contribution in [0.1, 0.15) is 34.5 Å². The number of hydrogen-bond donors (Lipinski definition) is 2. The molecule has 3 aromatic rings. The third-order valence-corrected chi connectivity index (χ3v) is 5.29. The molecule has 1 unspecified atom stereocenters. The fourth-order valence-corrected chi connectivity index (χ4v) is 3.66. The third kappa shape index (κ3) is 5.04. The molecule has 0 saturated carbocycles. The lowest BCUT2D eigenvalue weighted by atomic mass is 10.0. The third-order valence-electron chi connectivity index (χ3n) is 4.35. The largest absolute Gasteiger partial charge is 0.351 e. The first-order valence-corrected chi connectivity index (χ1v) is 9.80. The maximum atomic E-state index is 12.3. The van der Waals surface area contributed by atoms with Crippen LogP contribution in [0.25, 0.3) is 0 Å². The van der Waals surface area contributed by atoms with Gasteiger partial charge in [-0.05, 0) is 34.6 Å². The first-order chi connectivity index (χ1) is 12.8. The van der Waals surface area contributed by atoms with Gasteiger partial charge in [0.2, 0.25) is 5.91 Å². The van der Waals surface area contributed by atoms with Crippen molar-refractivity contribution in [1.82, 2.24) is 10.6 Å². The average Bonchev–Trinajstić information content (AvgIpc) is 3.22. The molecule has 2 aromatic carbocycles. The molecule has 0 aliphatic carbocycles. The molecule has 4 heteroatoms. The predicted octanol–water partition coefficient (Wildman–Crippen LogP) is 4.31. The van der Waals surface area contributed by atoms with Crippen LogP contribution in [-0.2, 0) is 17.8 Å². The van der Waals surface area contributed by atoms with E-state index >= 15 is 0 Å². The van der Waals surface area contributed by atoms with Gasteiger partial charge in [-0.1, -0.05) is 67.6 Å². The van der Waals surface area contributed by atoms with Gasteiger partial charge in [0, 0.05) is 11.4 Å². The van der Waals surface area contributed by atoms with E-state index in [0.717, 1.165) is 12.0 Å². The first-order valence-electron chi connectivity index (χ1n) is 8.92. The van der Waals surface area contributed by atoms with Crippen molar-refractivity contribution >= 4 is 17.2 Å². The Morgan fingerprint density at radius 2 is 1.73 bits per heavy atom. The number of thiophene rings is 1. The van der Waals surface area contributed by atoms with Crippen molar-refractivity contribution in [3.05, 3.63) is 93.7 Å². The quantitative estimate of drug-likeness (QED) is 0.625. The molecule has 1 amide bonds. The maximum Gasteiger partial charge on any atom is 0.234 e. The van der Waals surface area contributed by atoms with Gasteiger partial charge in [0.1, 0.15) is 0 Å². The molecule has 1 heterocycles. The smallest absolute Gasteiger partial charge is 0.234 e. The fraction of sp³-hybridized carbons (Fsp3) is 0.227. The summed E-state index contributed by atoms with van der Waals surface area (Å²) in [5.41, 5.74) is 3.60. The number of nitrogens with one attached hydrogen (secondary N) is 2.